The second kappa shape index (κ2) is 10.5. The molecule has 0 spiro atoms. The lowest BCUT2D eigenvalue weighted by molar-refractivity contribution is -0.136. The molecule has 0 bridgehead atoms. The van der Waals surface area contributed by atoms with Gasteiger partial charge in [-0.05, 0) is 72.5 Å². The lowest BCUT2D eigenvalue weighted by Crippen LogP contribution is -2.18. The minimum atomic E-state index is -0.552. The smallest absolute Gasteiger partial charge is 0.349 e. The van der Waals surface area contributed by atoms with Crippen molar-refractivity contribution in [3.63, 3.8) is 0 Å². The highest BCUT2D eigenvalue weighted by Crippen LogP contribution is 2.30. The van der Waals surface area contributed by atoms with Crippen LogP contribution in [0.2, 0.25) is 5.02 Å². The van der Waals surface area contributed by atoms with Crippen LogP contribution < -0.4 is 14.2 Å². The summed E-state index contributed by atoms with van der Waals surface area (Å²) >= 11 is 6.03. The second-order valence-electron chi connectivity index (χ2n) is 7.12. The molecule has 0 fully saturated rings. The zero-order valence-corrected chi connectivity index (χ0v) is 18.8. The van der Waals surface area contributed by atoms with Gasteiger partial charge in [0.1, 0.15) is 5.75 Å². The van der Waals surface area contributed by atoms with Gasteiger partial charge in [0.2, 0.25) is 0 Å². The Hall–Kier alpha value is -3.75. The predicted molar refractivity (Wildman–Crippen MR) is 125 cm³/mol. The van der Waals surface area contributed by atoms with Gasteiger partial charge in [0.25, 0.3) is 0 Å². The average Bonchev–Trinajstić information content (AvgIpc) is 2.78. The fourth-order valence-electron chi connectivity index (χ4n) is 3.01. The fourth-order valence-corrected chi connectivity index (χ4v) is 3.20. The van der Waals surface area contributed by atoms with Gasteiger partial charge < -0.3 is 14.2 Å². The molecule has 0 aliphatic rings. The van der Waals surface area contributed by atoms with E-state index < -0.39 is 5.97 Å². The summed E-state index contributed by atoms with van der Waals surface area (Å²) in [5.74, 6) is 0.714. The molecule has 0 radical (unpaired) electrons. The van der Waals surface area contributed by atoms with E-state index in [0.717, 1.165) is 11.1 Å². The number of aryl methyl sites for hydroxylation is 2. The molecule has 3 rings (SSSR count). The lowest BCUT2D eigenvalue weighted by atomic mass is 10.0. The van der Waals surface area contributed by atoms with Crippen molar-refractivity contribution in [2.24, 2.45) is 0 Å². The van der Waals surface area contributed by atoms with E-state index >= 15 is 0 Å². The Bertz CT molecular complexity index is 1210. The molecule has 0 saturated carbocycles. The standard InChI is InChI=1S/C26H22ClNO4/c1-17-7-8-18(2)24(11-17)31-16-26(29)32-23-10-9-19(13-25(23)30-3)12-21(15-28)20-5-4-6-22(27)14-20/h4-14H,16H2,1-3H3/b21-12-. The number of hydrogen-bond donors (Lipinski definition) is 0. The Kier molecular flexibility index (Phi) is 7.54. The number of benzene rings is 3. The van der Waals surface area contributed by atoms with Crippen LogP contribution in [0.15, 0.2) is 60.7 Å². The molecule has 6 heteroatoms. The minimum absolute atomic E-state index is 0.234. The van der Waals surface area contributed by atoms with Crippen LogP contribution in [0.4, 0.5) is 0 Å². The molecule has 0 amide bonds. The van der Waals surface area contributed by atoms with Gasteiger partial charge in [-0.3, -0.25) is 0 Å². The summed E-state index contributed by atoms with van der Waals surface area (Å²) in [5, 5.41) is 10.1. The summed E-state index contributed by atoms with van der Waals surface area (Å²) < 4.78 is 16.4. The van der Waals surface area contributed by atoms with Gasteiger partial charge in [0.05, 0.1) is 18.8 Å². The first-order valence-corrected chi connectivity index (χ1v) is 10.2. The maximum atomic E-state index is 12.3. The average molecular weight is 448 g/mol. The SMILES string of the molecule is COc1cc(/C=C(/C#N)c2cccc(Cl)c2)ccc1OC(=O)COc1cc(C)ccc1C. The molecule has 0 atom stereocenters. The summed E-state index contributed by atoms with van der Waals surface area (Å²) in [6.07, 6.45) is 1.71. The quantitative estimate of drug-likeness (QED) is 0.192. The monoisotopic (exact) mass is 447 g/mol. The topological polar surface area (TPSA) is 68.5 Å². The number of halogens is 1. The zero-order valence-electron chi connectivity index (χ0n) is 18.0. The number of esters is 1. The highest BCUT2D eigenvalue weighted by molar-refractivity contribution is 6.30. The molecular weight excluding hydrogens is 426 g/mol. The Labute approximate surface area is 192 Å². The molecule has 0 N–H and O–H groups in total. The van der Waals surface area contributed by atoms with Gasteiger partial charge in [-0.25, -0.2) is 4.79 Å². The second-order valence-corrected chi connectivity index (χ2v) is 7.56. The maximum absolute atomic E-state index is 12.3. The Morgan fingerprint density at radius 2 is 1.84 bits per heavy atom. The van der Waals surface area contributed by atoms with Crippen LogP contribution in [0.5, 0.6) is 17.2 Å². The number of nitrogens with zero attached hydrogens (tertiary/aromatic N) is 1. The van der Waals surface area contributed by atoms with Gasteiger partial charge in [-0.2, -0.15) is 5.26 Å². The normalized spacial score (nSPS) is 10.9. The van der Waals surface area contributed by atoms with Gasteiger partial charge in [-0.15, -0.1) is 0 Å². The molecule has 0 aromatic heterocycles. The molecule has 0 aliphatic heterocycles. The molecule has 3 aromatic carbocycles. The number of allylic oxidation sites excluding steroid dienone is 1. The third-order valence-electron chi connectivity index (χ3n) is 4.67. The molecule has 0 unspecified atom stereocenters. The number of carbonyl (C=O) groups is 1. The van der Waals surface area contributed by atoms with Crippen molar-refractivity contribution in [2.45, 2.75) is 13.8 Å². The Morgan fingerprint density at radius 1 is 1.03 bits per heavy atom. The van der Waals surface area contributed by atoms with Crippen LogP contribution >= 0.6 is 11.6 Å². The van der Waals surface area contributed by atoms with Crippen LogP contribution in [0.3, 0.4) is 0 Å². The van der Waals surface area contributed by atoms with E-state index in [9.17, 15) is 10.1 Å². The van der Waals surface area contributed by atoms with Gasteiger partial charge in [0, 0.05) is 5.02 Å². The Balaban J connectivity index is 1.74. The van der Waals surface area contributed by atoms with E-state index in [4.69, 9.17) is 25.8 Å². The van der Waals surface area contributed by atoms with Crippen molar-refractivity contribution < 1.29 is 19.0 Å². The molecular formula is C26H22ClNO4. The number of methoxy groups -OCH3 is 1. The summed E-state index contributed by atoms with van der Waals surface area (Å²) in [6.45, 7) is 3.63. The van der Waals surface area contributed by atoms with Gasteiger partial charge in [0.15, 0.2) is 18.1 Å². The number of ether oxygens (including phenoxy) is 3. The van der Waals surface area contributed by atoms with E-state index in [0.29, 0.717) is 33.2 Å². The van der Waals surface area contributed by atoms with E-state index in [-0.39, 0.29) is 12.4 Å². The summed E-state index contributed by atoms with van der Waals surface area (Å²) in [4.78, 5) is 12.3. The third-order valence-corrected chi connectivity index (χ3v) is 4.90. The summed E-state index contributed by atoms with van der Waals surface area (Å²) in [6, 6.07) is 20.1. The van der Waals surface area contributed by atoms with Crippen molar-refractivity contribution >= 4 is 29.2 Å². The van der Waals surface area contributed by atoms with Gasteiger partial charge in [-0.1, -0.05) is 41.9 Å². The number of nitriles is 1. The highest BCUT2D eigenvalue weighted by Gasteiger charge is 2.13. The molecule has 0 saturated heterocycles. The maximum Gasteiger partial charge on any atom is 0.349 e. The lowest BCUT2D eigenvalue weighted by Gasteiger charge is -2.12. The van der Waals surface area contributed by atoms with Crippen molar-refractivity contribution in [3.05, 3.63) is 87.9 Å². The molecule has 32 heavy (non-hydrogen) atoms. The van der Waals surface area contributed by atoms with Crippen molar-refractivity contribution in [3.8, 4) is 23.3 Å². The van der Waals surface area contributed by atoms with E-state index in [1.54, 1.807) is 42.5 Å². The van der Waals surface area contributed by atoms with Crippen LogP contribution in [0.1, 0.15) is 22.3 Å². The van der Waals surface area contributed by atoms with Crippen LogP contribution in [0.25, 0.3) is 11.6 Å². The largest absolute Gasteiger partial charge is 0.493 e. The van der Waals surface area contributed by atoms with E-state index in [1.807, 2.05) is 38.1 Å². The summed E-state index contributed by atoms with van der Waals surface area (Å²) in [7, 11) is 1.48. The molecule has 0 aliphatic carbocycles. The van der Waals surface area contributed by atoms with Gasteiger partial charge >= 0.3 is 5.97 Å². The molecule has 3 aromatic rings. The van der Waals surface area contributed by atoms with Crippen LogP contribution in [-0.4, -0.2) is 19.7 Å². The Morgan fingerprint density at radius 3 is 2.56 bits per heavy atom. The fraction of sp³-hybridized carbons (Fsp3) is 0.154. The van der Waals surface area contributed by atoms with Crippen molar-refractivity contribution in [1.82, 2.24) is 0 Å². The van der Waals surface area contributed by atoms with Crippen molar-refractivity contribution in [2.75, 3.05) is 13.7 Å². The molecule has 5 nitrogen and oxygen atoms in total. The highest BCUT2D eigenvalue weighted by atomic mass is 35.5. The first-order chi connectivity index (χ1) is 15.4. The minimum Gasteiger partial charge on any atom is -0.493 e. The molecule has 0 heterocycles. The molecule has 162 valence electrons. The van der Waals surface area contributed by atoms with Crippen LogP contribution in [-0.2, 0) is 4.79 Å². The van der Waals surface area contributed by atoms with E-state index in [1.165, 1.54) is 7.11 Å². The predicted octanol–water partition coefficient (Wildman–Crippen LogP) is 6.01. The number of rotatable bonds is 7. The number of carbonyl (C=O) groups excluding carboxylic acids is 1. The van der Waals surface area contributed by atoms with Crippen molar-refractivity contribution in [1.29, 1.82) is 5.26 Å². The summed E-state index contributed by atoms with van der Waals surface area (Å²) in [5.41, 5.74) is 3.84. The van der Waals surface area contributed by atoms with E-state index in [2.05, 4.69) is 6.07 Å². The van der Waals surface area contributed by atoms with Crippen LogP contribution in [0, 0.1) is 25.2 Å². The zero-order chi connectivity index (χ0) is 23.1. The first kappa shape index (κ1) is 22.9. The third kappa shape index (κ3) is 5.90. The first-order valence-electron chi connectivity index (χ1n) is 9.86. The number of hydrogen-bond acceptors (Lipinski definition) is 5.